The van der Waals surface area contributed by atoms with Crippen LogP contribution in [0.5, 0.6) is 0 Å². The fraction of sp³-hybridized carbons (Fsp3) is 0.267. The predicted octanol–water partition coefficient (Wildman–Crippen LogP) is 2.25. The van der Waals surface area contributed by atoms with Crippen molar-refractivity contribution in [2.45, 2.75) is 19.9 Å². The smallest absolute Gasteiger partial charge is 0.256 e. The number of aromatic nitrogens is 3. The van der Waals surface area contributed by atoms with E-state index >= 15 is 0 Å². The van der Waals surface area contributed by atoms with E-state index in [1.54, 1.807) is 11.3 Å². The number of fused-ring (bicyclic) bond motifs is 2. The molecule has 0 saturated heterocycles. The zero-order valence-electron chi connectivity index (χ0n) is 11.6. The van der Waals surface area contributed by atoms with E-state index in [0.29, 0.717) is 12.4 Å². The van der Waals surface area contributed by atoms with Crippen LogP contribution in [0.4, 0.5) is 5.13 Å². The van der Waals surface area contributed by atoms with Crippen molar-refractivity contribution in [1.82, 2.24) is 15.0 Å². The van der Waals surface area contributed by atoms with Crippen molar-refractivity contribution in [2.75, 3.05) is 11.4 Å². The fourth-order valence-electron chi connectivity index (χ4n) is 2.71. The van der Waals surface area contributed by atoms with Crippen molar-refractivity contribution in [2.24, 2.45) is 0 Å². The molecule has 0 bridgehead atoms. The minimum absolute atomic E-state index is 0.0247. The molecule has 5 nitrogen and oxygen atoms in total. The highest BCUT2D eigenvalue weighted by molar-refractivity contribution is 7.22. The van der Waals surface area contributed by atoms with Crippen molar-refractivity contribution in [3.63, 3.8) is 0 Å². The number of para-hydroxylation sites is 1. The molecule has 0 unspecified atom stereocenters. The van der Waals surface area contributed by atoms with E-state index in [4.69, 9.17) is 0 Å². The fourth-order valence-corrected chi connectivity index (χ4v) is 3.70. The Morgan fingerprint density at radius 2 is 2.14 bits per heavy atom. The summed E-state index contributed by atoms with van der Waals surface area (Å²) < 4.78 is 1.18. The lowest BCUT2D eigenvalue weighted by molar-refractivity contribution is 0.690. The molecule has 1 aromatic carbocycles. The molecule has 1 aliphatic heterocycles. The van der Waals surface area contributed by atoms with Gasteiger partial charge in [0.1, 0.15) is 5.82 Å². The van der Waals surface area contributed by atoms with Gasteiger partial charge in [0.2, 0.25) is 0 Å². The van der Waals surface area contributed by atoms with Gasteiger partial charge in [0.05, 0.1) is 28.0 Å². The summed E-state index contributed by atoms with van der Waals surface area (Å²) in [5.41, 5.74) is 2.68. The number of aromatic amines is 1. The van der Waals surface area contributed by atoms with Crippen LogP contribution in [0.1, 0.15) is 17.1 Å². The molecular formula is C15H14N4OS. The van der Waals surface area contributed by atoms with Crippen LogP contribution in [0.3, 0.4) is 0 Å². The number of rotatable bonds is 1. The minimum atomic E-state index is -0.0247. The van der Waals surface area contributed by atoms with Crippen molar-refractivity contribution >= 4 is 26.7 Å². The van der Waals surface area contributed by atoms with E-state index in [0.717, 1.165) is 34.9 Å². The van der Waals surface area contributed by atoms with Crippen LogP contribution in [0.15, 0.2) is 29.1 Å². The van der Waals surface area contributed by atoms with E-state index < -0.39 is 0 Å². The molecule has 0 spiro atoms. The first-order valence-corrected chi connectivity index (χ1v) is 7.71. The van der Waals surface area contributed by atoms with Gasteiger partial charge in [0, 0.05) is 13.0 Å². The molecule has 6 heteroatoms. The van der Waals surface area contributed by atoms with Crippen LogP contribution in [-0.2, 0) is 13.0 Å². The quantitative estimate of drug-likeness (QED) is 0.748. The molecule has 0 amide bonds. The molecule has 106 valence electrons. The average molecular weight is 298 g/mol. The van der Waals surface area contributed by atoms with E-state index in [1.165, 1.54) is 4.70 Å². The molecule has 0 saturated carbocycles. The third kappa shape index (κ3) is 2.12. The molecule has 0 aliphatic carbocycles. The van der Waals surface area contributed by atoms with Crippen LogP contribution in [0.25, 0.3) is 10.2 Å². The van der Waals surface area contributed by atoms with E-state index in [9.17, 15) is 4.79 Å². The number of hydrogen-bond acceptors (Lipinski definition) is 5. The molecule has 21 heavy (non-hydrogen) atoms. The number of anilines is 1. The molecular weight excluding hydrogens is 284 g/mol. The van der Waals surface area contributed by atoms with Crippen molar-refractivity contribution in [3.8, 4) is 0 Å². The third-order valence-corrected chi connectivity index (χ3v) is 4.84. The summed E-state index contributed by atoms with van der Waals surface area (Å²) in [7, 11) is 0. The second-order valence-electron chi connectivity index (χ2n) is 5.21. The first-order valence-electron chi connectivity index (χ1n) is 6.90. The van der Waals surface area contributed by atoms with Gasteiger partial charge in [-0.2, -0.15) is 0 Å². The summed E-state index contributed by atoms with van der Waals surface area (Å²) in [5, 5.41) is 0.974. The second kappa shape index (κ2) is 4.66. The second-order valence-corrected chi connectivity index (χ2v) is 6.22. The summed E-state index contributed by atoms with van der Waals surface area (Å²) in [4.78, 5) is 26.2. The highest BCUT2D eigenvalue weighted by Gasteiger charge is 2.22. The van der Waals surface area contributed by atoms with E-state index in [1.807, 2.05) is 25.1 Å². The number of H-pyrrole nitrogens is 1. The van der Waals surface area contributed by atoms with Gasteiger partial charge >= 0.3 is 0 Å². The van der Waals surface area contributed by atoms with Crippen LogP contribution in [0.2, 0.25) is 0 Å². The first-order chi connectivity index (χ1) is 10.2. The van der Waals surface area contributed by atoms with Gasteiger partial charge in [-0.25, -0.2) is 9.97 Å². The Kier molecular flexibility index (Phi) is 2.78. The Morgan fingerprint density at radius 3 is 3.00 bits per heavy atom. The molecule has 0 fully saturated rings. The number of aryl methyl sites for hydroxylation is 1. The minimum Gasteiger partial charge on any atom is -0.343 e. The average Bonchev–Trinajstić information content (AvgIpc) is 2.90. The number of hydrogen-bond donors (Lipinski definition) is 1. The standard InChI is InChI=1S/C15H14N4OS/c1-9-16-11-6-7-19(8-10(11)14(20)17-9)15-18-12-4-2-3-5-13(12)21-15/h2-5H,6-8H2,1H3,(H,16,17,20). The van der Waals surface area contributed by atoms with E-state index in [-0.39, 0.29) is 5.56 Å². The summed E-state index contributed by atoms with van der Waals surface area (Å²) in [6.45, 7) is 3.25. The Balaban J connectivity index is 1.73. The SMILES string of the molecule is Cc1nc2c(c(=O)[nH]1)CN(c1nc3ccccc3s1)CC2. The monoisotopic (exact) mass is 298 g/mol. The van der Waals surface area contributed by atoms with Gasteiger partial charge in [0.25, 0.3) is 5.56 Å². The van der Waals surface area contributed by atoms with Gasteiger partial charge < -0.3 is 9.88 Å². The van der Waals surface area contributed by atoms with Crippen LogP contribution in [-0.4, -0.2) is 21.5 Å². The van der Waals surface area contributed by atoms with Gasteiger partial charge in [-0.1, -0.05) is 23.5 Å². The Labute approximate surface area is 125 Å². The number of nitrogens with zero attached hydrogens (tertiary/aromatic N) is 3. The van der Waals surface area contributed by atoms with Crippen LogP contribution >= 0.6 is 11.3 Å². The van der Waals surface area contributed by atoms with Gasteiger partial charge in [-0.05, 0) is 19.1 Å². The van der Waals surface area contributed by atoms with Crippen molar-refractivity contribution in [3.05, 3.63) is 51.7 Å². The molecule has 4 rings (SSSR count). The Bertz CT molecular complexity index is 850. The largest absolute Gasteiger partial charge is 0.343 e. The molecule has 2 aromatic heterocycles. The highest BCUT2D eigenvalue weighted by atomic mass is 32.1. The molecule has 0 atom stereocenters. The maximum Gasteiger partial charge on any atom is 0.256 e. The summed E-state index contributed by atoms with van der Waals surface area (Å²) in [5.74, 6) is 0.687. The lowest BCUT2D eigenvalue weighted by Crippen LogP contribution is -2.35. The Morgan fingerprint density at radius 1 is 1.29 bits per heavy atom. The lowest BCUT2D eigenvalue weighted by atomic mass is 10.1. The summed E-state index contributed by atoms with van der Waals surface area (Å²) in [6, 6.07) is 8.11. The molecule has 1 aliphatic rings. The summed E-state index contributed by atoms with van der Waals surface area (Å²) >= 11 is 1.67. The highest BCUT2D eigenvalue weighted by Crippen LogP contribution is 2.30. The maximum absolute atomic E-state index is 12.1. The zero-order valence-corrected chi connectivity index (χ0v) is 12.4. The number of benzene rings is 1. The molecule has 3 aromatic rings. The summed E-state index contributed by atoms with van der Waals surface area (Å²) in [6.07, 6.45) is 0.788. The molecule has 1 N–H and O–H groups in total. The predicted molar refractivity (Wildman–Crippen MR) is 84.0 cm³/mol. The van der Waals surface area contributed by atoms with Gasteiger partial charge in [0.15, 0.2) is 5.13 Å². The van der Waals surface area contributed by atoms with E-state index in [2.05, 4.69) is 25.9 Å². The molecule has 0 radical (unpaired) electrons. The molecule has 3 heterocycles. The third-order valence-electron chi connectivity index (χ3n) is 3.74. The normalized spacial score (nSPS) is 14.4. The van der Waals surface area contributed by atoms with Gasteiger partial charge in [-0.3, -0.25) is 4.79 Å². The Hall–Kier alpha value is -2.21. The van der Waals surface area contributed by atoms with Crippen molar-refractivity contribution < 1.29 is 0 Å². The van der Waals surface area contributed by atoms with Gasteiger partial charge in [-0.15, -0.1) is 0 Å². The zero-order chi connectivity index (χ0) is 14.4. The van der Waals surface area contributed by atoms with Crippen LogP contribution < -0.4 is 10.5 Å². The van der Waals surface area contributed by atoms with Crippen LogP contribution in [0, 0.1) is 6.92 Å². The van der Waals surface area contributed by atoms with Crippen molar-refractivity contribution in [1.29, 1.82) is 0 Å². The number of nitrogens with one attached hydrogen (secondary N) is 1. The number of thiazole rings is 1. The maximum atomic E-state index is 12.1. The lowest BCUT2D eigenvalue weighted by Gasteiger charge is -2.27. The topological polar surface area (TPSA) is 61.9 Å². The first kappa shape index (κ1) is 12.5.